The molecule has 0 amide bonds. The van der Waals surface area contributed by atoms with E-state index in [9.17, 15) is 0 Å². The molecule has 1 atom stereocenters. The van der Waals surface area contributed by atoms with E-state index in [-0.39, 0.29) is 6.04 Å². The third-order valence-electron chi connectivity index (χ3n) is 3.40. The normalized spacial score (nSPS) is 22.4. The van der Waals surface area contributed by atoms with Gasteiger partial charge in [0.05, 0.1) is 12.1 Å². The number of likely N-dealkylation sites (tertiary alicyclic amines) is 1. The average Bonchev–Trinajstić information content (AvgIpc) is 2.22. The quantitative estimate of drug-likeness (QED) is 0.798. The monoisotopic (exact) mass is 237 g/mol. The molecule has 1 rings (SSSR count). The van der Waals surface area contributed by atoms with Crippen molar-refractivity contribution in [1.29, 1.82) is 5.26 Å². The Morgan fingerprint density at radius 3 is 2.65 bits per heavy atom. The first-order valence-corrected chi connectivity index (χ1v) is 6.81. The van der Waals surface area contributed by atoms with Crippen molar-refractivity contribution >= 4 is 0 Å². The summed E-state index contributed by atoms with van der Waals surface area (Å²) in [6.45, 7) is 12.3. The van der Waals surface area contributed by atoms with Crippen LogP contribution in [0.4, 0.5) is 0 Å². The molecule has 1 unspecified atom stereocenters. The van der Waals surface area contributed by atoms with Crippen LogP contribution < -0.4 is 5.32 Å². The molecule has 1 saturated heterocycles. The van der Waals surface area contributed by atoms with Crippen molar-refractivity contribution in [2.45, 2.75) is 59.0 Å². The van der Waals surface area contributed by atoms with E-state index in [4.69, 9.17) is 5.26 Å². The van der Waals surface area contributed by atoms with Gasteiger partial charge in [-0.15, -0.1) is 0 Å². The zero-order valence-corrected chi connectivity index (χ0v) is 11.8. The molecule has 0 radical (unpaired) electrons. The lowest BCUT2D eigenvalue weighted by Gasteiger charge is -2.38. The van der Waals surface area contributed by atoms with Gasteiger partial charge < -0.3 is 4.90 Å². The molecule has 0 aromatic rings. The molecule has 1 fully saturated rings. The van der Waals surface area contributed by atoms with Crippen LogP contribution in [-0.2, 0) is 0 Å². The highest BCUT2D eigenvalue weighted by atomic mass is 15.1. The van der Waals surface area contributed by atoms with Crippen LogP contribution in [0.15, 0.2) is 0 Å². The molecule has 98 valence electrons. The zero-order valence-electron chi connectivity index (χ0n) is 11.8. The third-order valence-corrected chi connectivity index (χ3v) is 3.40. The molecule has 1 heterocycles. The predicted molar refractivity (Wildman–Crippen MR) is 71.7 cm³/mol. The van der Waals surface area contributed by atoms with Gasteiger partial charge in [-0.1, -0.05) is 13.8 Å². The van der Waals surface area contributed by atoms with E-state index in [1.165, 1.54) is 25.9 Å². The molecular formula is C14H27N3. The second-order valence-electron chi connectivity index (χ2n) is 6.34. The largest absolute Gasteiger partial charge is 0.303 e. The molecule has 0 aromatic carbocycles. The molecule has 3 heteroatoms. The van der Waals surface area contributed by atoms with E-state index < -0.39 is 0 Å². The standard InChI is InChI=1S/C14H27N3/c1-12(2)16-13(10-15)6-9-17-8-5-7-14(3,4)11-17/h12-13,16H,5-9,11H2,1-4H3. The highest BCUT2D eigenvalue weighted by Gasteiger charge is 2.26. The molecule has 0 saturated carbocycles. The Balaban J connectivity index is 2.32. The van der Waals surface area contributed by atoms with Crippen LogP contribution in [0.5, 0.6) is 0 Å². The Morgan fingerprint density at radius 1 is 1.41 bits per heavy atom. The highest BCUT2D eigenvalue weighted by Crippen LogP contribution is 2.28. The van der Waals surface area contributed by atoms with Crippen LogP contribution in [0.2, 0.25) is 0 Å². The van der Waals surface area contributed by atoms with Gasteiger partial charge in [0.1, 0.15) is 0 Å². The van der Waals surface area contributed by atoms with E-state index in [0.29, 0.717) is 11.5 Å². The first-order chi connectivity index (χ1) is 7.93. The van der Waals surface area contributed by atoms with Crippen LogP contribution in [0, 0.1) is 16.7 Å². The number of nitrogens with zero attached hydrogens (tertiary/aromatic N) is 2. The first kappa shape index (κ1) is 14.5. The zero-order chi connectivity index (χ0) is 12.9. The summed E-state index contributed by atoms with van der Waals surface area (Å²) in [5, 5.41) is 12.4. The summed E-state index contributed by atoms with van der Waals surface area (Å²) >= 11 is 0. The van der Waals surface area contributed by atoms with Crippen LogP contribution in [0.25, 0.3) is 0 Å². The van der Waals surface area contributed by atoms with E-state index in [0.717, 1.165) is 13.0 Å². The lowest BCUT2D eigenvalue weighted by molar-refractivity contribution is 0.115. The van der Waals surface area contributed by atoms with Gasteiger partial charge in [0.25, 0.3) is 0 Å². The van der Waals surface area contributed by atoms with Gasteiger partial charge in [-0.05, 0) is 45.1 Å². The molecule has 1 aliphatic rings. The second-order valence-corrected chi connectivity index (χ2v) is 6.34. The van der Waals surface area contributed by atoms with Crippen molar-refractivity contribution in [3.8, 4) is 6.07 Å². The maximum absolute atomic E-state index is 9.08. The lowest BCUT2D eigenvalue weighted by atomic mass is 9.84. The number of nitriles is 1. The molecule has 0 spiro atoms. The first-order valence-electron chi connectivity index (χ1n) is 6.81. The molecule has 3 nitrogen and oxygen atoms in total. The van der Waals surface area contributed by atoms with Gasteiger partial charge in [-0.3, -0.25) is 5.32 Å². The second kappa shape index (κ2) is 6.37. The molecule has 0 bridgehead atoms. The molecule has 1 aliphatic heterocycles. The van der Waals surface area contributed by atoms with Gasteiger partial charge in [-0.2, -0.15) is 5.26 Å². The summed E-state index contributed by atoms with van der Waals surface area (Å²) in [6, 6.07) is 2.74. The summed E-state index contributed by atoms with van der Waals surface area (Å²) in [6.07, 6.45) is 3.56. The molecular weight excluding hydrogens is 210 g/mol. The SMILES string of the molecule is CC(C)NC(C#N)CCN1CCCC(C)(C)C1. The minimum absolute atomic E-state index is 0.0000359. The van der Waals surface area contributed by atoms with Gasteiger partial charge >= 0.3 is 0 Å². The Bertz CT molecular complexity index is 265. The molecule has 0 aliphatic carbocycles. The van der Waals surface area contributed by atoms with Gasteiger partial charge in [0.15, 0.2) is 0 Å². The average molecular weight is 237 g/mol. The predicted octanol–water partition coefficient (Wildman–Crippen LogP) is 2.39. The number of hydrogen-bond donors (Lipinski definition) is 1. The Morgan fingerprint density at radius 2 is 2.12 bits per heavy atom. The van der Waals surface area contributed by atoms with E-state index >= 15 is 0 Å². The van der Waals surface area contributed by atoms with Crippen molar-refractivity contribution in [2.24, 2.45) is 5.41 Å². The topological polar surface area (TPSA) is 39.1 Å². The van der Waals surface area contributed by atoms with Gasteiger partial charge in [0.2, 0.25) is 0 Å². The number of hydrogen-bond acceptors (Lipinski definition) is 3. The molecule has 1 N–H and O–H groups in total. The molecule has 0 aromatic heterocycles. The summed E-state index contributed by atoms with van der Waals surface area (Å²) in [5.41, 5.74) is 0.450. The lowest BCUT2D eigenvalue weighted by Crippen LogP contribution is -2.43. The minimum Gasteiger partial charge on any atom is -0.303 e. The third kappa shape index (κ3) is 5.52. The van der Waals surface area contributed by atoms with Crippen LogP contribution in [-0.4, -0.2) is 36.6 Å². The number of nitrogens with one attached hydrogen (secondary N) is 1. The maximum atomic E-state index is 9.08. The van der Waals surface area contributed by atoms with Crippen LogP contribution >= 0.6 is 0 Å². The number of rotatable bonds is 5. The summed E-state index contributed by atoms with van der Waals surface area (Å²) in [5.74, 6) is 0. The maximum Gasteiger partial charge on any atom is 0.0967 e. The van der Waals surface area contributed by atoms with Crippen molar-refractivity contribution in [2.75, 3.05) is 19.6 Å². The fraction of sp³-hybridized carbons (Fsp3) is 0.929. The van der Waals surface area contributed by atoms with Crippen molar-refractivity contribution in [3.63, 3.8) is 0 Å². The Labute approximate surface area is 106 Å². The van der Waals surface area contributed by atoms with Gasteiger partial charge in [0, 0.05) is 19.1 Å². The minimum atomic E-state index is 0.0000359. The summed E-state index contributed by atoms with van der Waals surface area (Å²) < 4.78 is 0. The van der Waals surface area contributed by atoms with Crippen LogP contribution in [0.1, 0.15) is 47.0 Å². The molecule has 17 heavy (non-hydrogen) atoms. The van der Waals surface area contributed by atoms with Crippen molar-refractivity contribution in [1.82, 2.24) is 10.2 Å². The smallest absolute Gasteiger partial charge is 0.0967 e. The van der Waals surface area contributed by atoms with E-state index in [1.807, 2.05) is 0 Å². The highest BCUT2D eigenvalue weighted by molar-refractivity contribution is 4.91. The Kier molecular flexibility index (Phi) is 5.42. The fourth-order valence-electron chi connectivity index (χ4n) is 2.63. The Hall–Kier alpha value is -0.590. The van der Waals surface area contributed by atoms with Crippen molar-refractivity contribution in [3.05, 3.63) is 0 Å². The van der Waals surface area contributed by atoms with Crippen LogP contribution in [0.3, 0.4) is 0 Å². The number of piperidine rings is 1. The van der Waals surface area contributed by atoms with E-state index in [1.54, 1.807) is 0 Å². The fourth-order valence-corrected chi connectivity index (χ4v) is 2.63. The summed E-state index contributed by atoms with van der Waals surface area (Å²) in [4.78, 5) is 2.51. The van der Waals surface area contributed by atoms with Gasteiger partial charge in [-0.25, -0.2) is 0 Å². The van der Waals surface area contributed by atoms with E-state index in [2.05, 4.69) is 44.0 Å². The van der Waals surface area contributed by atoms with Crippen molar-refractivity contribution < 1.29 is 0 Å². The summed E-state index contributed by atoms with van der Waals surface area (Å²) in [7, 11) is 0.